The predicted molar refractivity (Wildman–Crippen MR) is 85.9 cm³/mol. The van der Waals surface area contributed by atoms with Gasteiger partial charge in [-0.15, -0.1) is 0 Å². The lowest BCUT2D eigenvalue weighted by Gasteiger charge is -2.18. The maximum atomic E-state index is 11.5. The third-order valence-corrected chi connectivity index (χ3v) is 2.88. The normalized spacial score (nSPS) is 13.5. The van der Waals surface area contributed by atoms with Crippen molar-refractivity contribution >= 4 is 11.9 Å². The van der Waals surface area contributed by atoms with Crippen LogP contribution in [0.5, 0.6) is 0 Å². The van der Waals surface area contributed by atoms with E-state index < -0.39 is 0 Å². The number of aliphatic imine (C=N–C) groups is 1. The summed E-state index contributed by atoms with van der Waals surface area (Å²) in [5.41, 5.74) is 0. The highest BCUT2D eigenvalue weighted by atomic mass is 16.1. The molecule has 0 aliphatic rings. The van der Waals surface area contributed by atoms with Gasteiger partial charge in [0.2, 0.25) is 5.91 Å². The van der Waals surface area contributed by atoms with Crippen LogP contribution in [-0.2, 0) is 4.79 Å². The lowest BCUT2D eigenvalue weighted by molar-refractivity contribution is -0.121. The van der Waals surface area contributed by atoms with Crippen molar-refractivity contribution in [3.05, 3.63) is 0 Å². The van der Waals surface area contributed by atoms with Gasteiger partial charge >= 0.3 is 0 Å². The van der Waals surface area contributed by atoms with Crippen molar-refractivity contribution < 1.29 is 4.79 Å². The van der Waals surface area contributed by atoms with Crippen LogP contribution in [0, 0.1) is 5.92 Å². The summed E-state index contributed by atoms with van der Waals surface area (Å²) in [6, 6.07) is 0.573. The Kier molecular flexibility index (Phi) is 9.86. The maximum absolute atomic E-state index is 11.5. The molecule has 0 aliphatic heterocycles. The zero-order chi connectivity index (χ0) is 15.5. The van der Waals surface area contributed by atoms with Gasteiger partial charge in [-0.1, -0.05) is 13.8 Å². The van der Waals surface area contributed by atoms with Gasteiger partial charge in [-0.2, -0.15) is 0 Å². The van der Waals surface area contributed by atoms with Gasteiger partial charge in [0.15, 0.2) is 5.96 Å². The largest absolute Gasteiger partial charge is 0.356 e. The molecule has 0 fully saturated rings. The Morgan fingerprint density at radius 3 is 2.20 bits per heavy atom. The number of rotatable bonds is 8. The number of nitrogens with one attached hydrogen (secondary N) is 3. The van der Waals surface area contributed by atoms with Crippen LogP contribution < -0.4 is 16.0 Å². The van der Waals surface area contributed by atoms with E-state index in [4.69, 9.17) is 0 Å². The summed E-state index contributed by atoms with van der Waals surface area (Å²) in [6.07, 6.45) is 2.77. The number of nitrogens with zero attached hydrogens (tertiary/aromatic N) is 1. The molecule has 0 saturated heterocycles. The number of carbonyl (C=O) groups excluding carboxylic acids is 1. The number of amides is 1. The maximum Gasteiger partial charge on any atom is 0.221 e. The van der Waals surface area contributed by atoms with Crippen molar-refractivity contribution in [2.75, 3.05) is 13.6 Å². The molecular formula is C15H32N4O. The molecule has 20 heavy (non-hydrogen) atoms. The van der Waals surface area contributed by atoms with E-state index in [0.29, 0.717) is 24.9 Å². The van der Waals surface area contributed by atoms with Crippen LogP contribution in [0.4, 0.5) is 0 Å². The SMILES string of the molecule is CN=C(NCCC(=O)NC(C)C)NC(C)CCC(C)C. The van der Waals surface area contributed by atoms with Crippen LogP contribution in [0.1, 0.15) is 53.9 Å². The van der Waals surface area contributed by atoms with Gasteiger partial charge in [0.25, 0.3) is 0 Å². The second kappa shape index (κ2) is 10.5. The summed E-state index contributed by atoms with van der Waals surface area (Å²) in [6.45, 7) is 11.1. The minimum Gasteiger partial charge on any atom is -0.356 e. The molecule has 3 N–H and O–H groups in total. The Labute approximate surface area is 124 Å². The first-order chi connectivity index (χ1) is 9.35. The quantitative estimate of drug-likeness (QED) is 0.471. The van der Waals surface area contributed by atoms with Crippen LogP contribution in [0.25, 0.3) is 0 Å². The van der Waals surface area contributed by atoms with E-state index in [-0.39, 0.29) is 11.9 Å². The van der Waals surface area contributed by atoms with E-state index in [1.807, 2.05) is 13.8 Å². The van der Waals surface area contributed by atoms with E-state index in [1.54, 1.807) is 7.05 Å². The van der Waals surface area contributed by atoms with E-state index in [0.717, 1.165) is 12.4 Å². The van der Waals surface area contributed by atoms with Crippen molar-refractivity contribution in [3.63, 3.8) is 0 Å². The first-order valence-corrected chi connectivity index (χ1v) is 7.61. The second-order valence-electron chi connectivity index (χ2n) is 5.99. The average molecular weight is 284 g/mol. The summed E-state index contributed by atoms with van der Waals surface area (Å²) < 4.78 is 0. The zero-order valence-corrected chi connectivity index (χ0v) is 13.9. The summed E-state index contributed by atoms with van der Waals surface area (Å²) in [7, 11) is 1.75. The molecule has 0 spiro atoms. The highest BCUT2D eigenvalue weighted by molar-refractivity contribution is 5.81. The van der Waals surface area contributed by atoms with Crippen LogP contribution >= 0.6 is 0 Å². The van der Waals surface area contributed by atoms with Gasteiger partial charge in [-0.3, -0.25) is 9.79 Å². The van der Waals surface area contributed by atoms with Crippen molar-refractivity contribution in [2.45, 2.75) is 66.0 Å². The molecule has 0 bridgehead atoms. The van der Waals surface area contributed by atoms with Gasteiger partial charge in [0.05, 0.1) is 0 Å². The molecule has 0 aromatic heterocycles. The molecule has 1 amide bonds. The number of carbonyl (C=O) groups is 1. The number of hydrogen-bond donors (Lipinski definition) is 3. The smallest absolute Gasteiger partial charge is 0.221 e. The van der Waals surface area contributed by atoms with Crippen LogP contribution in [0.3, 0.4) is 0 Å². The highest BCUT2D eigenvalue weighted by Gasteiger charge is 2.07. The monoisotopic (exact) mass is 284 g/mol. The van der Waals surface area contributed by atoms with Crippen molar-refractivity contribution in [1.29, 1.82) is 0 Å². The predicted octanol–water partition coefficient (Wildman–Crippen LogP) is 1.89. The number of guanidine groups is 1. The summed E-state index contributed by atoms with van der Waals surface area (Å²) in [5.74, 6) is 1.54. The number of hydrogen-bond acceptors (Lipinski definition) is 2. The molecule has 118 valence electrons. The molecule has 5 heteroatoms. The van der Waals surface area contributed by atoms with Crippen LogP contribution in [0.2, 0.25) is 0 Å². The Hall–Kier alpha value is -1.26. The second-order valence-corrected chi connectivity index (χ2v) is 5.99. The van der Waals surface area contributed by atoms with Crippen molar-refractivity contribution in [2.24, 2.45) is 10.9 Å². The molecular weight excluding hydrogens is 252 g/mol. The molecule has 0 rings (SSSR count). The van der Waals surface area contributed by atoms with Gasteiger partial charge in [0.1, 0.15) is 0 Å². The van der Waals surface area contributed by atoms with Crippen LogP contribution in [-0.4, -0.2) is 37.5 Å². The lowest BCUT2D eigenvalue weighted by atomic mass is 10.0. The summed E-state index contributed by atoms with van der Waals surface area (Å²) in [4.78, 5) is 15.7. The van der Waals surface area contributed by atoms with Gasteiger partial charge < -0.3 is 16.0 Å². The van der Waals surface area contributed by atoms with E-state index in [9.17, 15) is 4.79 Å². The first-order valence-electron chi connectivity index (χ1n) is 7.61. The summed E-state index contributed by atoms with van der Waals surface area (Å²) in [5, 5.41) is 9.38. The standard InChI is InChI=1S/C15H32N4O/c1-11(2)7-8-13(5)19-15(16-6)17-10-9-14(20)18-12(3)4/h11-13H,7-10H2,1-6H3,(H,18,20)(H2,16,17,19). The fourth-order valence-electron chi connectivity index (χ4n) is 1.77. The Balaban J connectivity index is 3.90. The van der Waals surface area contributed by atoms with Gasteiger partial charge in [-0.05, 0) is 39.5 Å². The third kappa shape index (κ3) is 10.6. The molecule has 1 unspecified atom stereocenters. The Bertz CT molecular complexity index is 300. The average Bonchev–Trinajstić information content (AvgIpc) is 2.34. The fraction of sp³-hybridized carbons (Fsp3) is 0.867. The van der Waals surface area contributed by atoms with Crippen LogP contribution in [0.15, 0.2) is 4.99 Å². The van der Waals surface area contributed by atoms with Gasteiger partial charge in [0, 0.05) is 32.1 Å². The van der Waals surface area contributed by atoms with Gasteiger partial charge in [-0.25, -0.2) is 0 Å². The summed E-state index contributed by atoms with van der Waals surface area (Å²) >= 11 is 0. The molecule has 0 aromatic carbocycles. The minimum atomic E-state index is 0.0656. The molecule has 0 aliphatic carbocycles. The van der Waals surface area contributed by atoms with Crippen molar-refractivity contribution in [3.8, 4) is 0 Å². The van der Waals surface area contributed by atoms with E-state index in [1.165, 1.54) is 6.42 Å². The molecule has 0 heterocycles. The molecule has 0 saturated carbocycles. The fourth-order valence-corrected chi connectivity index (χ4v) is 1.77. The lowest BCUT2D eigenvalue weighted by Crippen LogP contribution is -2.43. The Morgan fingerprint density at radius 2 is 1.70 bits per heavy atom. The van der Waals surface area contributed by atoms with E-state index >= 15 is 0 Å². The molecule has 1 atom stereocenters. The van der Waals surface area contributed by atoms with E-state index in [2.05, 4.69) is 41.7 Å². The van der Waals surface area contributed by atoms with Crippen molar-refractivity contribution in [1.82, 2.24) is 16.0 Å². The molecule has 0 radical (unpaired) electrons. The first kappa shape index (κ1) is 18.7. The minimum absolute atomic E-state index is 0.0656. The topological polar surface area (TPSA) is 65.5 Å². The Morgan fingerprint density at radius 1 is 1.05 bits per heavy atom. The third-order valence-electron chi connectivity index (χ3n) is 2.88. The molecule has 5 nitrogen and oxygen atoms in total. The highest BCUT2D eigenvalue weighted by Crippen LogP contribution is 2.06. The zero-order valence-electron chi connectivity index (χ0n) is 13.9. The molecule has 0 aromatic rings.